The van der Waals surface area contributed by atoms with E-state index < -0.39 is 22.5 Å². The van der Waals surface area contributed by atoms with Crippen LogP contribution in [0.4, 0.5) is 11.4 Å². The number of carbonyl (C=O) groups is 3. The van der Waals surface area contributed by atoms with E-state index in [1.807, 2.05) is 0 Å². The Morgan fingerprint density at radius 2 is 1.52 bits per heavy atom. The van der Waals surface area contributed by atoms with E-state index in [0.717, 1.165) is 9.87 Å². The highest BCUT2D eigenvalue weighted by Crippen LogP contribution is 2.19. The average Bonchev–Trinajstić information content (AvgIpc) is 2.69. The molecule has 0 fully saturated rings. The Labute approximate surface area is 182 Å². The Bertz CT molecular complexity index is 1070. The van der Waals surface area contributed by atoms with Gasteiger partial charge in [0.1, 0.15) is 0 Å². The quantitative estimate of drug-likeness (QED) is 0.642. The van der Waals surface area contributed by atoms with Crippen LogP contribution in [0.1, 0.15) is 19.4 Å². The van der Waals surface area contributed by atoms with Gasteiger partial charge in [-0.25, -0.2) is 8.42 Å². The minimum atomic E-state index is -3.91. The second-order valence-electron chi connectivity index (χ2n) is 7.05. The Morgan fingerprint density at radius 1 is 0.903 bits per heavy atom. The van der Waals surface area contributed by atoms with Crippen molar-refractivity contribution in [3.8, 4) is 0 Å². The maximum atomic E-state index is 12.8. The van der Waals surface area contributed by atoms with Gasteiger partial charge in [0.25, 0.3) is 0 Å². The zero-order chi connectivity index (χ0) is 23.2. The summed E-state index contributed by atoms with van der Waals surface area (Å²) in [4.78, 5) is 36.6. The lowest BCUT2D eigenvalue weighted by Gasteiger charge is -2.20. The summed E-state index contributed by atoms with van der Waals surface area (Å²) in [5.41, 5.74) is 1.71. The summed E-state index contributed by atoms with van der Waals surface area (Å²) in [6.45, 7) is 2.71. The van der Waals surface area contributed by atoms with Gasteiger partial charge >= 0.3 is 0 Å². The van der Waals surface area contributed by atoms with Crippen molar-refractivity contribution in [2.24, 2.45) is 0 Å². The van der Waals surface area contributed by atoms with Crippen molar-refractivity contribution in [2.75, 3.05) is 31.3 Å². The summed E-state index contributed by atoms with van der Waals surface area (Å²) in [6, 6.07) is 12.7. The smallest absolute Gasteiger partial charge is 0.243 e. The lowest BCUT2D eigenvalue weighted by atomic mass is 10.1. The second-order valence-corrected chi connectivity index (χ2v) is 9.09. The maximum Gasteiger partial charge on any atom is 0.243 e. The van der Waals surface area contributed by atoms with Crippen LogP contribution >= 0.6 is 0 Å². The second kappa shape index (κ2) is 10.2. The highest BCUT2D eigenvalue weighted by Gasteiger charge is 2.23. The van der Waals surface area contributed by atoms with Crippen LogP contribution in [0, 0.1) is 0 Å². The van der Waals surface area contributed by atoms with Crippen molar-refractivity contribution in [2.45, 2.75) is 25.3 Å². The van der Waals surface area contributed by atoms with Gasteiger partial charge in [-0.3, -0.25) is 14.4 Å². The van der Waals surface area contributed by atoms with Crippen LogP contribution in [-0.4, -0.2) is 56.0 Å². The summed E-state index contributed by atoms with van der Waals surface area (Å²) in [7, 11) is -0.942. The number of nitrogens with one attached hydrogen (secondary N) is 2. The van der Waals surface area contributed by atoms with Crippen LogP contribution in [0.2, 0.25) is 0 Å². The number of para-hydroxylation sites is 1. The molecule has 0 saturated carbocycles. The van der Waals surface area contributed by atoms with Gasteiger partial charge in [0.05, 0.1) is 11.4 Å². The van der Waals surface area contributed by atoms with Gasteiger partial charge in [0, 0.05) is 45.9 Å². The molecular weight excluding hydrogens is 420 g/mol. The van der Waals surface area contributed by atoms with Gasteiger partial charge < -0.3 is 15.5 Å². The van der Waals surface area contributed by atoms with Crippen LogP contribution in [0.3, 0.4) is 0 Å². The Balaban J connectivity index is 2.08. The summed E-state index contributed by atoms with van der Waals surface area (Å²) in [5.74, 6) is -0.894. The third-order valence-electron chi connectivity index (χ3n) is 4.49. The number of amides is 3. The predicted octanol–water partition coefficient (Wildman–Crippen LogP) is 1.88. The molecule has 0 aliphatic rings. The monoisotopic (exact) mass is 446 g/mol. The molecule has 9 nitrogen and oxygen atoms in total. The van der Waals surface area contributed by atoms with Crippen LogP contribution in [0.25, 0.3) is 0 Å². The lowest BCUT2D eigenvalue weighted by Crippen LogP contribution is -2.35. The molecule has 0 spiro atoms. The molecule has 0 unspecified atom stereocenters. The third kappa shape index (κ3) is 6.63. The van der Waals surface area contributed by atoms with Crippen LogP contribution < -0.4 is 10.6 Å². The van der Waals surface area contributed by atoms with Crippen molar-refractivity contribution < 1.29 is 22.8 Å². The molecule has 2 rings (SSSR count). The van der Waals surface area contributed by atoms with Crippen molar-refractivity contribution >= 4 is 39.1 Å². The molecule has 2 aromatic carbocycles. The Hall–Kier alpha value is -3.24. The van der Waals surface area contributed by atoms with Gasteiger partial charge in [0.2, 0.25) is 27.7 Å². The van der Waals surface area contributed by atoms with Crippen LogP contribution in [-0.2, 0) is 31.0 Å². The largest absolute Gasteiger partial charge is 0.342 e. The van der Waals surface area contributed by atoms with Gasteiger partial charge in [-0.2, -0.15) is 4.31 Å². The van der Waals surface area contributed by atoms with Gasteiger partial charge in [-0.05, 0) is 35.9 Å². The molecule has 2 N–H and O–H groups in total. The van der Waals surface area contributed by atoms with E-state index in [0.29, 0.717) is 17.9 Å². The number of benzene rings is 2. The summed E-state index contributed by atoms with van der Waals surface area (Å²) in [5, 5.41) is 5.27. The fourth-order valence-electron chi connectivity index (χ4n) is 2.72. The van der Waals surface area contributed by atoms with E-state index in [1.165, 1.54) is 50.1 Å². The van der Waals surface area contributed by atoms with Crippen molar-refractivity contribution in [3.05, 3.63) is 54.1 Å². The zero-order valence-corrected chi connectivity index (χ0v) is 18.7. The van der Waals surface area contributed by atoms with Crippen molar-refractivity contribution in [3.63, 3.8) is 0 Å². The molecule has 0 aliphatic heterocycles. The van der Waals surface area contributed by atoms with Crippen LogP contribution in [0.15, 0.2) is 53.4 Å². The van der Waals surface area contributed by atoms with E-state index in [-0.39, 0.29) is 16.7 Å². The number of hydrogen-bond acceptors (Lipinski definition) is 5. The minimum absolute atomic E-state index is 0.000357. The van der Waals surface area contributed by atoms with Crippen molar-refractivity contribution in [1.29, 1.82) is 0 Å². The number of carbonyl (C=O) groups excluding carboxylic acids is 3. The number of anilines is 2. The fraction of sp³-hybridized carbons (Fsp3) is 0.286. The fourth-order valence-corrected chi connectivity index (χ4v) is 3.84. The van der Waals surface area contributed by atoms with E-state index >= 15 is 0 Å². The first-order valence-corrected chi connectivity index (χ1v) is 10.9. The molecule has 166 valence electrons. The number of rotatable bonds is 8. The molecule has 2 aromatic rings. The molecule has 0 atom stereocenters. The summed E-state index contributed by atoms with van der Waals surface area (Å²) in [6.07, 6.45) is 0. The molecule has 0 radical (unpaired) electrons. The number of hydrogen-bond donors (Lipinski definition) is 2. The van der Waals surface area contributed by atoms with Gasteiger partial charge in [0.15, 0.2) is 0 Å². The first-order valence-electron chi connectivity index (χ1n) is 9.44. The Morgan fingerprint density at radius 3 is 2.10 bits per heavy atom. The average molecular weight is 447 g/mol. The van der Waals surface area contributed by atoms with E-state index in [4.69, 9.17) is 0 Å². The van der Waals surface area contributed by atoms with E-state index in [2.05, 4.69) is 10.6 Å². The highest BCUT2D eigenvalue weighted by molar-refractivity contribution is 7.89. The SMILES string of the molecule is CC(=O)Nc1ccc(S(=O)(=O)N(C)CC(=O)Nc2ccccc2CN(C)C(C)=O)cc1. The predicted molar refractivity (Wildman–Crippen MR) is 118 cm³/mol. The molecule has 0 heterocycles. The number of sulfonamides is 1. The normalized spacial score (nSPS) is 11.1. The Kier molecular flexibility index (Phi) is 7.89. The van der Waals surface area contributed by atoms with Crippen molar-refractivity contribution in [1.82, 2.24) is 9.21 Å². The molecule has 0 bridgehead atoms. The topological polar surface area (TPSA) is 116 Å². The van der Waals surface area contributed by atoms with Gasteiger partial charge in [-0.1, -0.05) is 18.2 Å². The van der Waals surface area contributed by atoms with Crippen LogP contribution in [0.5, 0.6) is 0 Å². The standard InChI is InChI=1S/C21H26N4O5S/c1-15(26)22-18-9-11-19(12-10-18)31(29,30)25(4)14-21(28)23-20-8-6-5-7-17(20)13-24(3)16(2)27/h5-12H,13-14H2,1-4H3,(H,22,26)(H,23,28). The summed E-state index contributed by atoms with van der Waals surface area (Å²) < 4.78 is 26.5. The lowest BCUT2D eigenvalue weighted by molar-refractivity contribution is -0.128. The molecule has 0 saturated heterocycles. The molecule has 0 aliphatic carbocycles. The first-order chi connectivity index (χ1) is 14.5. The van der Waals surface area contributed by atoms with E-state index in [9.17, 15) is 22.8 Å². The van der Waals surface area contributed by atoms with E-state index in [1.54, 1.807) is 31.3 Å². The molecule has 10 heteroatoms. The molecule has 0 aromatic heterocycles. The number of likely N-dealkylation sites (N-methyl/N-ethyl adjacent to an activating group) is 1. The molecular formula is C21H26N4O5S. The third-order valence-corrected chi connectivity index (χ3v) is 6.30. The highest BCUT2D eigenvalue weighted by atomic mass is 32.2. The molecule has 31 heavy (non-hydrogen) atoms. The number of nitrogens with zero attached hydrogens (tertiary/aromatic N) is 2. The molecule has 3 amide bonds. The summed E-state index contributed by atoms with van der Waals surface area (Å²) >= 11 is 0. The first kappa shape index (κ1) is 24.0. The minimum Gasteiger partial charge on any atom is -0.342 e. The van der Waals surface area contributed by atoms with Gasteiger partial charge in [-0.15, -0.1) is 0 Å². The zero-order valence-electron chi connectivity index (χ0n) is 17.9. The maximum absolute atomic E-state index is 12.8.